The number of methoxy groups -OCH3 is 1. The number of amides is 2. The molecule has 0 spiro atoms. The molecule has 0 saturated carbocycles. The Labute approximate surface area is 150 Å². The third-order valence-corrected chi connectivity index (χ3v) is 4.18. The van der Waals surface area contributed by atoms with Gasteiger partial charge in [0.25, 0.3) is 11.8 Å². The summed E-state index contributed by atoms with van der Waals surface area (Å²) in [6.45, 7) is 5.09. The number of nitrogens with zero attached hydrogens (tertiary/aromatic N) is 2. The third kappa shape index (κ3) is 5.91. The summed E-state index contributed by atoms with van der Waals surface area (Å²) < 4.78 is 4.88. The fourth-order valence-corrected chi connectivity index (χ4v) is 2.98. The number of aromatic nitrogens is 2. The zero-order chi connectivity index (χ0) is 18.2. The molecule has 0 unspecified atom stereocenters. The Kier molecular flexibility index (Phi) is 7.03. The summed E-state index contributed by atoms with van der Waals surface area (Å²) in [6, 6.07) is 6.67. The summed E-state index contributed by atoms with van der Waals surface area (Å²) in [4.78, 5) is 24.1. The molecule has 2 N–H and O–H groups in total. The van der Waals surface area contributed by atoms with Crippen molar-refractivity contribution in [2.45, 2.75) is 20.3 Å². The zero-order valence-electron chi connectivity index (χ0n) is 14.5. The molecule has 134 valence electrons. The van der Waals surface area contributed by atoms with E-state index in [0.29, 0.717) is 35.3 Å². The van der Waals surface area contributed by atoms with Gasteiger partial charge in [-0.3, -0.25) is 9.59 Å². The molecule has 8 heteroatoms. The summed E-state index contributed by atoms with van der Waals surface area (Å²) in [5.74, 6) is -0.0198. The molecule has 0 radical (unpaired) electrons. The summed E-state index contributed by atoms with van der Waals surface area (Å²) >= 11 is 1.30. The summed E-state index contributed by atoms with van der Waals surface area (Å²) in [5.41, 5.74) is 1.11. The van der Waals surface area contributed by atoms with Gasteiger partial charge in [0.05, 0.1) is 6.61 Å². The van der Waals surface area contributed by atoms with E-state index in [2.05, 4.69) is 34.7 Å². The predicted molar refractivity (Wildman–Crippen MR) is 97.1 cm³/mol. The lowest BCUT2D eigenvalue weighted by Gasteiger charge is -2.06. The van der Waals surface area contributed by atoms with E-state index in [1.807, 2.05) is 0 Å². The van der Waals surface area contributed by atoms with Crippen LogP contribution in [0, 0.1) is 5.92 Å². The van der Waals surface area contributed by atoms with Crippen molar-refractivity contribution in [1.82, 2.24) is 15.5 Å². The number of hydrogen-bond donors (Lipinski definition) is 2. The van der Waals surface area contributed by atoms with Crippen LogP contribution < -0.4 is 10.6 Å². The predicted octanol–water partition coefficient (Wildman–Crippen LogP) is 2.37. The number of rotatable bonds is 8. The normalized spacial score (nSPS) is 10.7. The van der Waals surface area contributed by atoms with Gasteiger partial charge in [0, 0.05) is 31.3 Å². The van der Waals surface area contributed by atoms with Crippen LogP contribution in [0.5, 0.6) is 0 Å². The lowest BCUT2D eigenvalue weighted by molar-refractivity contribution is 0.0936. The first-order valence-corrected chi connectivity index (χ1v) is 8.82. The molecule has 0 aliphatic heterocycles. The SMILES string of the molecule is COCCNC(=O)c1ccc(NC(=O)c2nnc(CC(C)C)s2)cc1. The van der Waals surface area contributed by atoms with E-state index in [-0.39, 0.29) is 11.8 Å². The Morgan fingerprint density at radius 1 is 1.16 bits per heavy atom. The summed E-state index contributed by atoms with van der Waals surface area (Å²) in [5, 5.41) is 14.6. The smallest absolute Gasteiger partial charge is 0.286 e. The van der Waals surface area contributed by atoms with E-state index in [1.165, 1.54) is 11.3 Å². The van der Waals surface area contributed by atoms with Crippen molar-refractivity contribution < 1.29 is 14.3 Å². The molecule has 25 heavy (non-hydrogen) atoms. The topological polar surface area (TPSA) is 93.2 Å². The number of anilines is 1. The number of carbonyl (C=O) groups excluding carboxylic acids is 2. The van der Waals surface area contributed by atoms with Crippen LogP contribution in [-0.2, 0) is 11.2 Å². The molecule has 7 nitrogen and oxygen atoms in total. The quantitative estimate of drug-likeness (QED) is 0.703. The first kappa shape index (κ1) is 19.0. The minimum Gasteiger partial charge on any atom is -0.383 e. The molecule has 0 aliphatic rings. The standard InChI is InChI=1S/C17H22N4O3S/c1-11(2)10-14-20-21-17(25-14)16(23)19-13-6-4-12(5-7-13)15(22)18-8-9-24-3/h4-7,11H,8-10H2,1-3H3,(H,18,22)(H,19,23). The number of ether oxygens (including phenoxy) is 1. The van der Waals surface area contributed by atoms with Crippen LogP contribution in [0.15, 0.2) is 24.3 Å². The van der Waals surface area contributed by atoms with E-state index in [4.69, 9.17) is 4.74 Å². The van der Waals surface area contributed by atoms with E-state index in [9.17, 15) is 9.59 Å². The van der Waals surface area contributed by atoms with Gasteiger partial charge in [-0.15, -0.1) is 10.2 Å². The van der Waals surface area contributed by atoms with Crippen LogP contribution in [0.1, 0.15) is 39.0 Å². The van der Waals surface area contributed by atoms with Crippen molar-refractivity contribution in [1.29, 1.82) is 0 Å². The van der Waals surface area contributed by atoms with Crippen molar-refractivity contribution in [3.05, 3.63) is 39.8 Å². The van der Waals surface area contributed by atoms with Gasteiger partial charge in [0.15, 0.2) is 0 Å². The molecule has 0 fully saturated rings. The van der Waals surface area contributed by atoms with Crippen LogP contribution in [-0.4, -0.2) is 42.3 Å². The van der Waals surface area contributed by atoms with Gasteiger partial charge in [-0.1, -0.05) is 25.2 Å². The molecule has 0 atom stereocenters. The van der Waals surface area contributed by atoms with Gasteiger partial charge in [-0.25, -0.2) is 0 Å². The Morgan fingerprint density at radius 3 is 2.52 bits per heavy atom. The highest BCUT2D eigenvalue weighted by Crippen LogP contribution is 2.16. The van der Waals surface area contributed by atoms with Gasteiger partial charge in [-0.2, -0.15) is 0 Å². The second-order valence-electron chi connectivity index (χ2n) is 5.88. The van der Waals surface area contributed by atoms with Crippen molar-refractivity contribution in [2.24, 2.45) is 5.92 Å². The fourth-order valence-electron chi connectivity index (χ4n) is 2.04. The number of benzene rings is 1. The molecule has 1 aromatic carbocycles. The maximum Gasteiger partial charge on any atom is 0.286 e. The summed E-state index contributed by atoms with van der Waals surface area (Å²) in [7, 11) is 1.58. The second kappa shape index (κ2) is 9.24. The Morgan fingerprint density at radius 2 is 1.88 bits per heavy atom. The highest BCUT2D eigenvalue weighted by atomic mass is 32.1. The van der Waals surface area contributed by atoms with Gasteiger partial charge < -0.3 is 15.4 Å². The third-order valence-electron chi connectivity index (χ3n) is 3.24. The molecular weight excluding hydrogens is 340 g/mol. The Hall–Kier alpha value is -2.32. The van der Waals surface area contributed by atoms with Gasteiger partial charge in [0.2, 0.25) is 5.01 Å². The number of hydrogen-bond acceptors (Lipinski definition) is 6. The fraction of sp³-hybridized carbons (Fsp3) is 0.412. The molecule has 1 aromatic heterocycles. The first-order chi connectivity index (χ1) is 12.0. The van der Waals surface area contributed by atoms with Crippen molar-refractivity contribution in [3.8, 4) is 0 Å². The highest BCUT2D eigenvalue weighted by Gasteiger charge is 2.14. The van der Waals surface area contributed by atoms with Crippen molar-refractivity contribution in [2.75, 3.05) is 25.6 Å². The van der Waals surface area contributed by atoms with E-state index in [1.54, 1.807) is 31.4 Å². The zero-order valence-corrected chi connectivity index (χ0v) is 15.4. The molecule has 0 bridgehead atoms. The number of nitrogens with one attached hydrogen (secondary N) is 2. The largest absolute Gasteiger partial charge is 0.383 e. The number of carbonyl (C=O) groups is 2. The monoisotopic (exact) mass is 362 g/mol. The highest BCUT2D eigenvalue weighted by molar-refractivity contribution is 7.13. The Bertz CT molecular complexity index is 713. The molecule has 0 saturated heterocycles. The molecule has 2 amide bonds. The molecule has 1 heterocycles. The lowest BCUT2D eigenvalue weighted by Crippen LogP contribution is -2.26. The van der Waals surface area contributed by atoms with Gasteiger partial charge in [-0.05, 0) is 30.2 Å². The van der Waals surface area contributed by atoms with Crippen LogP contribution >= 0.6 is 11.3 Å². The first-order valence-electron chi connectivity index (χ1n) is 8.00. The maximum absolute atomic E-state index is 12.2. The van der Waals surface area contributed by atoms with E-state index >= 15 is 0 Å². The van der Waals surface area contributed by atoms with Crippen LogP contribution in [0.3, 0.4) is 0 Å². The molecule has 2 aromatic rings. The van der Waals surface area contributed by atoms with E-state index in [0.717, 1.165) is 11.4 Å². The average Bonchev–Trinajstić information content (AvgIpc) is 3.03. The van der Waals surface area contributed by atoms with Crippen LogP contribution in [0.2, 0.25) is 0 Å². The average molecular weight is 362 g/mol. The van der Waals surface area contributed by atoms with Crippen LogP contribution in [0.25, 0.3) is 0 Å². The maximum atomic E-state index is 12.2. The summed E-state index contributed by atoms with van der Waals surface area (Å²) in [6.07, 6.45) is 0.803. The molecular formula is C17H22N4O3S. The van der Waals surface area contributed by atoms with Gasteiger partial charge in [0.1, 0.15) is 5.01 Å². The van der Waals surface area contributed by atoms with Crippen molar-refractivity contribution >= 4 is 28.8 Å². The van der Waals surface area contributed by atoms with Crippen LogP contribution in [0.4, 0.5) is 5.69 Å². The Balaban J connectivity index is 1.93. The minimum absolute atomic E-state index is 0.183. The van der Waals surface area contributed by atoms with Gasteiger partial charge >= 0.3 is 0 Å². The van der Waals surface area contributed by atoms with Crippen molar-refractivity contribution in [3.63, 3.8) is 0 Å². The van der Waals surface area contributed by atoms with E-state index < -0.39 is 0 Å². The lowest BCUT2D eigenvalue weighted by atomic mass is 10.1. The molecule has 2 rings (SSSR count). The minimum atomic E-state index is -0.301. The molecule has 0 aliphatic carbocycles. The second-order valence-corrected chi connectivity index (χ2v) is 6.94.